The van der Waals surface area contributed by atoms with Gasteiger partial charge in [0.2, 0.25) is 0 Å². The highest BCUT2D eigenvalue weighted by Crippen LogP contribution is 2.10. The number of aromatic nitrogens is 5. The van der Waals surface area contributed by atoms with Gasteiger partial charge in [-0.05, 0) is 5.92 Å². The molecule has 0 unspecified atom stereocenters. The Hall–Kier alpha value is -2.18. The SMILES string of the molecule is CC(C)c1cn(-c2cn(C)c(=O)[nH]c2=O)nn1. The highest BCUT2D eigenvalue weighted by Gasteiger charge is 2.09. The molecule has 7 heteroatoms. The number of rotatable bonds is 2. The predicted octanol–water partition coefficient (Wildman–Crippen LogP) is -0.222. The summed E-state index contributed by atoms with van der Waals surface area (Å²) in [6.45, 7) is 3.97. The molecule has 0 saturated carbocycles. The molecule has 0 radical (unpaired) electrons. The maximum Gasteiger partial charge on any atom is 0.328 e. The van der Waals surface area contributed by atoms with Gasteiger partial charge in [0.15, 0.2) is 0 Å². The molecule has 0 spiro atoms. The lowest BCUT2D eigenvalue weighted by molar-refractivity contribution is 0.734. The van der Waals surface area contributed by atoms with E-state index in [1.165, 1.54) is 15.4 Å². The topological polar surface area (TPSA) is 85.6 Å². The van der Waals surface area contributed by atoms with Gasteiger partial charge in [-0.1, -0.05) is 19.1 Å². The zero-order valence-electron chi connectivity index (χ0n) is 9.84. The van der Waals surface area contributed by atoms with E-state index in [4.69, 9.17) is 0 Å². The zero-order chi connectivity index (χ0) is 12.6. The van der Waals surface area contributed by atoms with Gasteiger partial charge >= 0.3 is 5.69 Å². The monoisotopic (exact) mass is 235 g/mol. The first-order valence-corrected chi connectivity index (χ1v) is 5.21. The molecule has 2 aromatic rings. The largest absolute Gasteiger partial charge is 0.328 e. The lowest BCUT2D eigenvalue weighted by atomic mass is 10.2. The van der Waals surface area contributed by atoms with Crippen LogP contribution in [0.15, 0.2) is 22.0 Å². The minimum atomic E-state index is -0.478. The Labute approximate surface area is 96.7 Å². The normalized spacial score (nSPS) is 11.1. The van der Waals surface area contributed by atoms with Gasteiger partial charge in [0.05, 0.1) is 11.9 Å². The minimum absolute atomic E-state index is 0.232. The molecule has 1 N–H and O–H groups in total. The lowest BCUT2D eigenvalue weighted by Crippen LogP contribution is -2.30. The second-order valence-electron chi connectivity index (χ2n) is 4.13. The van der Waals surface area contributed by atoms with Crippen molar-refractivity contribution >= 4 is 0 Å². The Balaban J connectivity index is 2.56. The van der Waals surface area contributed by atoms with Crippen LogP contribution in [-0.4, -0.2) is 24.5 Å². The van der Waals surface area contributed by atoms with Gasteiger partial charge in [-0.15, -0.1) is 5.10 Å². The van der Waals surface area contributed by atoms with E-state index in [1.807, 2.05) is 13.8 Å². The number of hydrogen-bond donors (Lipinski definition) is 1. The molecule has 90 valence electrons. The molecule has 0 amide bonds. The van der Waals surface area contributed by atoms with Crippen molar-refractivity contribution in [1.29, 1.82) is 0 Å². The number of nitrogens with one attached hydrogen (secondary N) is 1. The van der Waals surface area contributed by atoms with Gasteiger partial charge in [0.25, 0.3) is 5.56 Å². The van der Waals surface area contributed by atoms with Crippen LogP contribution >= 0.6 is 0 Å². The zero-order valence-corrected chi connectivity index (χ0v) is 9.84. The van der Waals surface area contributed by atoms with E-state index in [9.17, 15) is 9.59 Å². The van der Waals surface area contributed by atoms with Crippen molar-refractivity contribution in [3.05, 3.63) is 38.9 Å². The van der Waals surface area contributed by atoms with Crippen LogP contribution in [0.25, 0.3) is 5.69 Å². The molecule has 0 fully saturated rings. The standard InChI is InChI=1S/C10H13N5O2/c1-6(2)7-4-15(13-12-7)8-5-14(3)10(17)11-9(8)16/h4-6H,1-3H3,(H,11,16,17). The molecule has 2 heterocycles. The van der Waals surface area contributed by atoms with E-state index in [0.717, 1.165) is 5.69 Å². The second-order valence-corrected chi connectivity index (χ2v) is 4.13. The van der Waals surface area contributed by atoms with Crippen molar-refractivity contribution < 1.29 is 0 Å². The molecule has 0 aromatic carbocycles. The van der Waals surface area contributed by atoms with E-state index < -0.39 is 11.2 Å². The summed E-state index contributed by atoms with van der Waals surface area (Å²) in [5, 5.41) is 7.83. The summed E-state index contributed by atoms with van der Waals surface area (Å²) in [7, 11) is 1.56. The number of aryl methyl sites for hydroxylation is 1. The molecule has 0 bridgehead atoms. The van der Waals surface area contributed by atoms with Crippen LogP contribution in [-0.2, 0) is 7.05 Å². The minimum Gasteiger partial charge on any atom is -0.301 e. The van der Waals surface area contributed by atoms with E-state index in [-0.39, 0.29) is 11.6 Å². The van der Waals surface area contributed by atoms with Crippen LogP contribution < -0.4 is 11.2 Å². The van der Waals surface area contributed by atoms with E-state index in [0.29, 0.717) is 0 Å². The summed E-state index contributed by atoms with van der Waals surface area (Å²) in [6, 6.07) is 0. The number of hydrogen-bond acceptors (Lipinski definition) is 4. The fraction of sp³-hybridized carbons (Fsp3) is 0.400. The van der Waals surface area contributed by atoms with Gasteiger partial charge < -0.3 is 4.57 Å². The van der Waals surface area contributed by atoms with Crippen molar-refractivity contribution in [2.45, 2.75) is 19.8 Å². The Bertz CT molecular complexity index is 649. The molecular formula is C10H13N5O2. The van der Waals surface area contributed by atoms with Crippen molar-refractivity contribution in [2.24, 2.45) is 7.05 Å². The maximum atomic E-state index is 11.6. The fourth-order valence-corrected chi connectivity index (χ4v) is 1.37. The van der Waals surface area contributed by atoms with Crippen LogP contribution in [0.2, 0.25) is 0 Å². The Morgan fingerprint density at radius 1 is 1.29 bits per heavy atom. The van der Waals surface area contributed by atoms with Gasteiger partial charge in [-0.25, -0.2) is 9.48 Å². The van der Waals surface area contributed by atoms with Crippen molar-refractivity contribution in [1.82, 2.24) is 24.5 Å². The molecule has 0 atom stereocenters. The summed E-state index contributed by atoms with van der Waals surface area (Å²) < 4.78 is 2.65. The molecule has 0 aliphatic heterocycles. The van der Waals surface area contributed by atoms with Gasteiger partial charge in [-0.2, -0.15) is 0 Å². The highest BCUT2D eigenvalue weighted by molar-refractivity contribution is 5.24. The van der Waals surface area contributed by atoms with Gasteiger partial charge in [-0.3, -0.25) is 9.78 Å². The first-order chi connectivity index (χ1) is 7.99. The lowest BCUT2D eigenvalue weighted by Gasteiger charge is -2.01. The molecule has 0 saturated heterocycles. The maximum absolute atomic E-state index is 11.6. The Morgan fingerprint density at radius 2 is 2.00 bits per heavy atom. The molecule has 7 nitrogen and oxygen atoms in total. The molecular weight excluding hydrogens is 222 g/mol. The van der Waals surface area contributed by atoms with Crippen LogP contribution in [0.5, 0.6) is 0 Å². The first kappa shape index (κ1) is 11.3. The van der Waals surface area contributed by atoms with E-state index in [2.05, 4.69) is 15.3 Å². The molecule has 0 aliphatic carbocycles. The summed E-state index contributed by atoms with van der Waals surface area (Å²) in [4.78, 5) is 25.0. The van der Waals surface area contributed by atoms with Gasteiger partial charge in [0.1, 0.15) is 5.69 Å². The van der Waals surface area contributed by atoms with Crippen molar-refractivity contribution in [2.75, 3.05) is 0 Å². The van der Waals surface area contributed by atoms with E-state index in [1.54, 1.807) is 13.2 Å². The van der Waals surface area contributed by atoms with Crippen molar-refractivity contribution in [3.8, 4) is 5.69 Å². The van der Waals surface area contributed by atoms with Gasteiger partial charge in [0, 0.05) is 13.2 Å². The molecule has 2 aromatic heterocycles. The smallest absolute Gasteiger partial charge is 0.301 e. The number of aromatic amines is 1. The molecule has 0 aliphatic rings. The third-order valence-corrected chi connectivity index (χ3v) is 2.44. The van der Waals surface area contributed by atoms with Crippen LogP contribution in [0.4, 0.5) is 0 Å². The van der Waals surface area contributed by atoms with Crippen molar-refractivity contribution in [3.63, 3.8) is 0 Å². The third-order valence-electron chi connectivity index (χ3n) is 2.44. The average molecular weight is 235 g/mol. The summed E-state index contributed by atoms with van der Waals surface area (Å²) in [5.41, 5.74) is 0.126. The Morgan fingerprint density at radius 3 is 2.59 bits per heavy atom. The summed E-state index contributed by atoms with van der Waals surface area (Å²) in [6.07, 6.45) is 3.11. The number of nitrogens with zero attached hydrogens (tertiary/aromatic N) is 4. The third kappa shape index (κ3) is 2.03. The Kier molecular flexibility index (Phi) is 2.66. The van der Waals surface area contributed by atoms with Crippen LogP contribution in [0.3, 0.4) is 0 Å². The fourth-order valence-electron chi connectivity index (χ4n) is 1.37. The van der Waals surface area contributed by atoms with Crippen LogP contribution in [0.1, 0.15) is 25.5 Å². The summed E-state index contributed by atoms with van der Waals surface area (Å²) >= 11 is 0. The van der Waals surface area contributed by atoms with Crippen LogP contribution in [0, 0.1) is 0 Å². The molecule has 2 rings (SSSR count). The molecule has 17 heavy (non-hydrogen) atoms. The second kappa shape index (κ2) is 4.00. The first-order valence-electron chi connectivity index (χ1n) is 5.21. The summed E-state index contributed by atoms with van der Waals surface area (Å²) in [5.74, 6) is 0.232. The average Bonchev–Trinajstić information content (AvgIpc) is 2.72. The quantitative estimate of drug-likeness (QED) is 0.779. The highest BCUT2D eigenvalue weighted by atomic mass is 16.2. The predicted molar refractivity (Wildman–Crippen MR) is 61.3 cm³/mol. The van der Waals surface area contributed by atoms with E-state index >= 15 is 0 Å². The number of H-pyrrole nitrogens is 1.